The van der Waals surface area contributed by atoms with E-state index in [1.54, 1.807) is 0 Å². The van der Waals surface area contributed by atoms with Crippen molar-refractivity contribution in [2.75, 3.05) is 4.90 Å². The number of rotatable bonds is 0. The van der Waals surface area contributed by atoms with E-state index < -0.39 is 0 Å². The van der Waals surface area contributed by atoms with E-state index >= 15 is 0 Å². The number of ether oxygens (including phenoxy) is 1. The lowest BCUT2D eigenvalue weighted by atomic mass is 9.44. The molecule has 2 unspecified atom stereocenters. The van der Waals surface area contributed by atoms with Crippen molar-refractivity contribution in [2.24, 2.45) is 0 Å². The Morgan fingerprint density at radius 2 is 1.46 bits per heavy atom. The van der Waals surface area contributed by atoms with Gasteiger partial charge in [0.05, 0.1) is 5.69 Å². The zero-order valence-corrected chi connectivity index (χ0v) is 26.4. The van der Waals surface area contributed by atoms with Crippen molar-refractivity contribution in [3.8, 4) is 28.0 Å². The van der Waals surface area contributed by atoms with Crippen LogP contribution in [0.15, 0.2) is 120 Å². The first kappa shape index (κ1) is 24.5. The molecule has 1 aliphatic carbocycles. The van der Waals surface area contributed by atoms with Crippen LogP contribution in [0.5, 0.6) is 5.75 Å². The van der Waals surface area contributed by atoms with Gasteiger partial charge >= 0.3 is 6.85 Å². The normalized spacial score (nSPS) is 19.3. The number of para-hydroxylation sites is 4. The molecule has 0 saturated heterocycles. The van der Waals surface area contributed by atoms with Gasteiger partial charge in [-0.15, -0.1) is 0 Å². The van der Waals surface area contributed by atoms with E-state index in [2.05, 4.69) is 138 Å². The summed E-state index contributed by atoms with van der Waals surface area (Å²) < 4.78 is 16.5. The number of aromatic nitrogens is 1. The maximum Gasteiger partial charge on any atom is 0.333 e. The Morgan fingerprint density at radius 3 is 2.42 bits per heavy atom. The molecule has 0 radical (unpaired) electrons. The van der Waals surface area contributed by atoms with Gasteiger partial charge in [-0.1, -0.05) is 111 Å². The summed E-state index contributed by atoms with van der Waals surface area (Å²) in [6.45, 7) is 4.82. The van der Waals surface area contributed by atoms with E-state index in [0.717, 1.165) is 22.3 Å². The maximum absolute atomic E-state index is 6.96. The van der Waals surface area contributed by atoms with Crippen LogP contribution in [-0.2, 0) is 5.41 Å². The molecule has 13 rings (SSSR count). The molecule has 5 aliphatic rings. The number of hydrogen-bond acceptors (Lipinski definition) is 3. The minimum Gasteiger partial charge on any atom is -0.483 e. The molecular formula is C43H27BN2O2. The van der Waals surface area contributed by atoms with Crippen LogP contribution in [0.3, 0.4) is 0 Å². The number of hydrogen-bond donors (Lipinski definition) is 0. The van der Waals surface area contributed by atoms with E-state index in [4.69, 9.17) is 9.15 Å². The van der Waals surface area contributed by atoms with E-state index in [1.807, 2.05) is 0 Å². The third-order valence-electron chi connectivity index (χ3n) is 12.2. The van der Waals surface area contributed by atoms with Crippen molar-refractivity contribution in [1.82, 2.24) is 4.48 Å². The van der Waals surface area contributed by atoms with Crippen molar-refractivity contribution < 1.29 is 9.15 Å². The first-order valence-corrected chi connectivity index (χ1v) is 17.0. The summed E-state index contributed by atoms with van der Waals surface area (Å²) in [6, 6.07) is 42.5. The second-order valence-corrected chi connectivity index (χ2v) is 14.7. The van der Waals surface area contributed by atoms with Gasteiger partial charge < -0.3 is 18.5 Å². The number of furan rings is 1. The fraction of sp³-hybridized carbons (Fsp3) is 0.116. The monoisotopic (exact) mass is 614 g/mol. The van der Waals surface area contributed by atoms with Crippen LogP contribution in [-0.4, -0.2) is 11.3 Å². The lowest BCUT2D eigenvalue weighted by Crippen LogP contribution is -2.58. The molecule has 0 amide bonds. The highest BCUT2D eigenvalue weighted by molar-refractivity contribution is 6.90. The Morgan fingerprint density at radius 1 is 0.688 bits per heavy atom. The molecule has 5 heteroatoms. The third kappa shape index (κ3) is 2.46. The SMILES string of the molecule is CC1(C)c2ccccc2-c2c1n1c3c(cccc23)-c2cc3c(oc4ccccc43)c3c2B1c1cccc2c1N3C1c3ccccc3OC21. The van der Waals surface area contributed by atoms with Gasteiger partial charge in [0.1, 0.15) is 17.4 Å². The summed E-state index contributed by atoms with van der Waals surface area (Å²) in [4.78, 5) is 2.61. The molecule has 2 atom stereocenters. The summed E-state index contributed by atoms with van der Waals surface area (Å²) in [5.41, 5.74) is 18.9. The molecule has 8 aromatic rings. The lowest BCUT2D eigenvalue weighted by Gasteiger charge is -2.41. The highest BCUT2D eigenvalue weighted by Gasteiger charge is 2.56. The Kier molecular flexibility index (Phi) is 3.94. The number of nitrogens with zero attached hydrogens (tertiary/aromatic N) is 2. The van der Waals surface area contributed by atoms with Gasteiger partial charge in [-0.05, 0) is 45.8 Å². The summed E-state index contributed by atoms with van der Waals surface area (Å²) >= 11 is 0. The predicted molar refractivity (Wildman–Crippen MR) is 194 cm³/mol. The molecule has 0 fully saturated rings. The van der Waals surface area contributed by atoms with Crippen LogP contribution in [0, 0.1) is 0 Å². The van der Waals surface area contributed by atoms with Gasteiger partial charge in [0.25, 0.3) is 0 Å². The third-order valence-corrected chi connectivity index (χ3v) is 12.2. The second-order valence-electron chi connectivity index (χ2n) is 14.7. The van der Waals surface area contributed by atoms with Crippen molar-refractivity contribution in [2.45, 2.75) is 31.4 Å². The van der Waals surface area contributed by atoms with Crippen LogP contribution in [0.2, 0.25) is 0 Å². The lowest BCUT2D eigenvalue weighted by molar-refractivity contribution is 0.223. The highest BCUT2D eigenvalue weighted by atomic mass is 16.5. The maximum atomic E-state index is 6.96. The Hall–Kier alpha value is -5.68. The fourth-order valence-electron chi connectivity index (χ4n) is 10.5. The molecule has 0 saturated carbocycles. The average molecular weight is 615 g/mol. The van der Waals surface area contributed by atoms with Crippen LogP contribution in [0.25, 0.3) is 55.1 Å². The van der Waals surface area contributed by atoms with E-state index in [-0.39, 0.29) is 24.4 Å². The van der Waals surface area contributed by atoms with Gasteiger partial charge in [-0.2, -0.15) is 0 Å². The highest BCUT2D eigenvalue weighted by Crippen LogP contribution is 2.62. The van der Waals surface area contributed by atoms with Crippen molar-refractivity contribution in [3.05, 3.63) is 138 Å². The molecule has 48 heavy (non-hydrogen) atoms. The molecule has 6 aromatic carbocycles. The Balaban J connectivity index is 1.25. The fourth-order valence-corrected chi connectivity index (χ4v) is 10.5. The minimum atomic E-state index is -0.170. The predicted octanol–water partition coefficient (Wildman–Crippen LogP) is 9.12. The van der Waals surface area contributed by atoms with E-state index in [9.17, 15) is 0 Å². The molecule has 6 heterocycles. The first-order chi connectivity index (χ1) is 23.6. The van der Waals surface area contributed by atoms with Crippen LogP contribution < -0.4 is 20.6 Å². The smallest absolute Gasteiger partial charge is 0.333 e. The van der Waals surface area contributed by atoms with Gasteiger partial charge in [0.15, 0.2) is 11.7 Å². The molecule has 2 aromatic heterocycles. The minimum absolute atomic E-state index is 0.0115. The molecule has 0 bridgehead atoms. The van der Waals surface area contributed by atoms with Crippen LogP contribution in [0.1, 0.15) is 48.4 Å². The standard InChI is InChI=1S/C43H27BN2O2/c1-43(2)30-17-6-3-12-24(30)34-26-15-9-14-23-28-21-29-22-11-4-7-19-32(22)47-41(29)39-35(28)44(46(36(23)26)42(34)43)31-18-10-16-27-37(31)45(39)38-25-13-5-8-20-33(25)48-40(27)38/h3-21,38,40H,1-2H3. The quantitative estimate of drug-likeness (QED) is 0.160. The Labute approximate surface area is 276 Å². The topological polar surface area (TPSA) is 30.5 Å². The molecule has 4 nitrogen and oxygen atoms in total. The second kappa shape index (κ2) is 7.72. The van der Waals surface area contributed by atoms with Crippen molar-refractivity contribution in [3.63, 3.8) is 0 Å². The first-order valence-electron chi connectivity index (χ1n) is 17.0. The van der Waals surface area contributed by atoms with Gasteiger partial charge in [0.2, 0.25) is 0 Å². The van der Waals surface area contributed by atoms with Crippen molar-refractivity contribution >= 4 is 62.0 Å². The number of anilines is 2. The number of fused-ring (bicyclic) bond motifs is 18. The molecule has 224 valence electrons. The molecular weight excluding hydrogens is 587 g/mol. The molecule has 4 aliphatic heterocycles. The molecule has 0 N–H and O–H groups in total. The summed E-state index contributed by atoms with van der Waals surface area (Å²) in [6.07, 6.45) is -0.0914. The largest absolute Gasteiger partial charge is 0.483 e. The van der Waals surface area contributed by atoms with Gasteiger partial charge in [-0.3, -0.25) is 0 Å². The average Bonchev–Trinajstić information content (AvgIpc) is 3.90. The van der Waals surface area contributed by atoms with Crippen LogP contribution >= 0.6 is 0 Å². The summed E-state index contributed by atoms with van der Waals surface area (Å²) in [5.74, 6) is 0.978. The Bertz CT molecular complexity index is 2840. The van der Waals surface area contributed by atoms with E-state index in [1.165, 1.54) is 83.2 Å². The number of benzene rings is 6. The summed E-state index contributed by atoms with van der Waals surface area (Å²) in [7, 11) is 0. The van der Waals surface area contributed by atoms with E-state index in [0.29, 0.717) is 0 Å². The zero-order chi connectivity index (χ0) is 31.2. The van der Waals surface area contributed by atoms with Gasteiger partial charge in [0, 0.05) is 60.7 Å². The zero-order valence-electron chi connectivity index (χ0n) is 26.4. The summed E-state index contributed by atoms with van der Waals surface area (Å²) in [5, 5.41) is 3.67. The van der Waals surface area contributed by atoms with Crippen LogP contribution in [0.4, 0.5) is 11.4 Å². The van der Waals surface area contributed by atoms with Crippen molar-refractivity contribution in [1.29, 1.82) is 0 Å². The molecule has 0 spiro atoms. The van der Waals surface area contributed by atoms with Gasteiger partial charge in [-0.25, -0.2) is 0 Å².